The summed E-state index contributed by atoms with van der Waals surface area (Å²) in [5.41, 5.74) is 1.56. The van der Waals surface area contributed by atoms with E-state index in [2.05, 4.69) is 0 Å². The fourth-order valence-electron chi connectivity index (χ4n) is 2.51. The van der Waals surface area contributed by atoms with Crippen molar-refractivity contribution in [3.63, 3.8) is 0 Å². The molecule has 0 atom stereocenters. The second-order valence-corrected chi connectivity index (χ2v) is 5.00. The fraction of sp³-hybridized carbons (Fsp3) is 0. The van der Waals surface area contributed by atoms with Gasteiger partial charge in [0.15, 0.2) is 0 Å². The fourth-order valence-corrected chi connectivity index (χ4v) is 2.78. The lowest BCUT2D eigenvalue weighted by atomic mass is 10.1. The number of phenolic OH excluding ortho intramolecular Hbond substituents is 1. The minimum atomic E-state index is 0.251. The zero-order valence-electron chi connectivity index (χ0n) is 9.85. The van der Waals surface area contributed by atoms with Gasteiger partial charge in [-0.2, -0.15) is 0 Å². The lowest BCUT2D eigenvalue weighted by molar-refractivity contribution is 0.476. The highest BCUT2D eigenvalue weighted by atomic mass is 35.5. The summed E-state index contributed by atoms with van der Waals surface area (Å²) in [5, 5.41) is 14.2. The first-order valence-electron chi connectivity index (χ1n) is 5.96. The lowest BCUT2D eigenvalue weighted by Gasteiger charge is -1.99. The third kappa shape index (κ3) is 1.50. The average Bonchev–Trinajstić information content (AvgIpc) is 2.74. The SMILES string of the molecule is Oc1ccc2cc3c(cc2c1)oc1cccc(Cl)c13. The molecule has 0 saturated heterocycles. The van der Waals surface area contributed by atoms with Gasteiger partial charge in [0.1, 0.15) is 16.9 Å². The molecule has 0 bridgehead atoms. The van der Waals surface area contributed by atoms with Crippen molar-refractivity contribution in [3.8, 4) is 5.75 Å². The number of aromatic hydroxyl groups is 1. The van der Waals surface area contributed by atoms with Gasteiger partial charge in [-0.15, -0.1) is 0 Å². The summed E-state index contributed by atoms with van der Waals surface area (Å²) in [6.07, 6.45) is 0. The van der Waals surface area contributed by atoms with E-state index in [1.54, 1.807) is 12.1 Å². The van der Waals surface area contributed by atoms with E-state index in [4.69, 9.17) is 16.0 Å². The van der Waals surface area contributed by atoms with Crippen molar-refractivity contribution in [2.45, 2.75) is 0 Å². The predicted molar refractivity (Wildman–Crippen MR) is 77.9 cm³/mol. The van der Waals surface area contributed by atoms with Gasteiger partial charge in [-0.05, 0) is 47.2 Å². The van der Waals surface area contributed by atoms with Gasteiger partial charge in [0, 0.05) is 10.8 Å². The molecule has 0 aliphatic carbocycles. The van der Waals surface area contributed by atoms with Crippen LogP contribution in [0.3, 0.4) is 0 Å². The van der Waals surface area contributed by atoms with Gasteiger partial charge >= 0.3 is 0 Å². The molecule has 3 heteroatoms. The van der Waals surface area contributed by atoms with Crippen LogP contribution in [0.25, 0.3) is 32.7 Å². The molecule has 1 heterocycles. The summed E-state index contributed by atoms with van der Waals surface area (Å²) < 4.78 is 5.82. The number of rotatable bonds is 0. The van der Waals surface area contributed by atoms with E-state index in [0.29, 0.717) is 5.02 Å². The largest absolute Gasteiger partial charge is 0.508 e. The van der Waals surface area contributed by atoms with Crippen LogP contribution < -0.4 is 0 Å². The van der Waals surface area contributed by atoms with Gasteiger partial charge in [-0.3, -0.25) is 0 Å². The molecule has 0 spiro atoms. The average molecular weight is 269 g/mol. The Hall–Kier alpha value is -2.19. The molecule has 1 aromatic heterocycles. The van der Waals surface area contributed by atoms with Gasteiger partial charge in [0.25, 0.3) is 0 Å². The number of hydrogen-bond donors (Lipinski definition) is 1. The van der Waals surface area contributed by atoms with Gasteiger partial charge in [-0.25, -0.2) is 0 Å². The number of halogens is 1. The van der Waals surface area contributed by atoms with Crippen molar-refractivity contribution < 1.29 is 9.52 Å². The highest BCUT2D eigenvalue weighted by molar-refractivity contribution is 6.37. The van der Waals surface area contributed by atoms with E-state index in [9.17, 15) is 5.11 Å². The normalized spacial score (nSPS) is 11.6. The third-order valence-electron chi connectivity index (χ3n) is 3.39. The first kappa shape index (κ1) is 10.7. The second-order valence-electron chi connectivity index (χ2n) is 4.59. The Balaban J connectivity index is 2.24. The highest BCUT2D eigenvalue weighted by Crippen LogP contribution is 2.36. The topological polar surface area (TPSA) is 33.4 Å². The molecule has 4 rings (SSSR count). The van der Waals surface area contributed by atoms with Crippen LogP contribution in [-0.4, -0.2) is 5.11 Å². The van der Waals surface area contributed by atoms with Crippen molar-refractivity contribution in [2.24, 2.45) is 0 Å². The summed E-state index contributed by atoms with van der Waals surface area (Å²) in [4.78, 5) is 0. The zero-order chi connectivity index (χ0) is 13.0. The molecule has 0 aliphatic rings. The van der Waals surface area contributed by atoms with Crippen molar-refractivity contribution >= 4 is 44.3 Å². The maximum Gasteiger partial charge on any atom is 0.136 e. The number of fused-ring (bicyclic) bond motifs is 4. The summed E-state index contributed by atoms with van der Waals surface area (Å²) in [6.45, 7) is 0. The van der Waals surface area contributed by atoms with Crippen molar-refractivity contribution in [1.82, 2.24) is 0 Å². The van der Waals surface area contributed by atoms with Crippen LogP contribution in [0.1, 0.15) is 0 Å². The smallest absolute Gasteiger partial charge is 0.136 e. The van der Waals surface area contributed by atoms with Crippen LogP contribution in [0.2, 0.25) is 5.02 Å². The second kappa shape index (κ2) is 3.65. The molecule has 0 unspecified atom stereocenters. The minimum Gasteiger partial charge on any atom is -0.508 e. The Morgan fingerprint density at radius 3 is 2.68 bits per heavy atom. The Morgan fingerprint density at radius 1 is 0.895 bits per heavy atom. The van der Waals surface area contributed by atoms with Crippen LogP contribution in [-0.2, 0) is 0 Å². The number of furan rings is 1. The Bertz CT molecular complexity index is 938. The molecule has 0 saturated carbocycles. The molecule has 0 fully saturated rings. The summed E-state index contributed by atoms with van der Waals surface area (Å²) in [7, 11) is 0. The standard InChI is InChI=1S/C16H9ClO2/c17-13-2-1-3-14-16(13)12-7-9-4-5-11(18)6-10(9)8-15(12)19-14/h1-8,18H. The molecular weight excluding hydrogens is 260 g/mol. The quantitative estimate of drug-likeness (QED) is 0.481. The van der Waals surface area contributed by atoms with Crippen molar-refractivity contribution in [1.29, 1.82) is 0 Å². The van der Waals surface area contributed by atoms with Gasteiger partial charge in [0.2, 0.25) is 0 Å². The summed E-state index contributed by atoms with van der Waals surface area (Å²) >= 11 is 6.25. The van der Waals surface area contributed by atoms with E-state index in [-0.39, 0.29) is 5.75 Å². The third-order valence-corrected chi connectivity index (χ3v) is 3.70. The van der Waals surface area contributed by atoms with Crippen molar-refractivity contribution in [3.05, 3.63) is 53.6 Å². The number of benzene rings is 3. The predicted octanol–water partition coefficient (Wildman–Crippen LogP) is 5.10. The molecular formula is C16H9ClO2. The summed E-state index contributed by atoms with van der Waals surface area (Å²) in [5.74, 6) is 0.251. The van der Waals surface area contributed by atoms with Crippen LogP contribution >= 0.6 is 11.6 Å². The molecule has 0 aliphatic heterocycles. The van der Waals surface area contributed by atoms with E-state index >= 15 is 0 Å². The first-order chi connectivity index (χ1) is 9.22. The lowest BCUT2D eigenvalue weighted by Crippen LogP contribution is -1.74. The number of phenols is 1. The Labute approximate surface area is 113 Å². The molecule has 19 heavy (non-hydrogen) atoms. The molecule has 0 radical (unpaired) electrons. The van der Waals surface area contributed by atoms with E-state index in [1.807, 2.05) is 36.4 Å². The zero-order valence-corrected chi connectivity index (χ0v) is 10.6. The van der Waals surface area contributed by atoms with Crippen LogP contribution in [0.15, 0.2) is 52.9 Å². The highest BCUT2D eigenvalue weighted by Gasteiger charge is 2.11. The molecule has 0 amide bonds. The number of hydrogen-bond acceptors (Lipinski definition) is 2. The molecule has 4 aromatic rings. The van der Waals surface area contributed by atoms with Crippen molar-refractivity contribution in [2.75, 3.05) is 0 Å². The van der Waals surface area contributed by atoms with E-state index in [1.165, 1.54) is 0 Å². The van der Waals surface area contributed by atoms with Gasteiger partial charge in [0.05, 0.1) is 5.02 Å². The molecule has 1 N–H and O–H groups in total. The molecule has 2 nitrogen and oxygen atoms in total. The first-order valence-corrected chi connectivity index (χ1v) is 6.34. The maximum absolute atomic E-state index is 9.53. The Kier molecular flexibility index (Phi) is 2.06. The van der Waals surface area contributed by atoms with E-state index < -0.39 is 0 Å². The Morgan fingerprint density at radius 2 is 1.79 bits per heavy atom. The molecule has 3 aromatic carbocycles. The molecule has 92 valence electrons. The summed E-state index contributed by atoms with van der Waals surface area (Å²) in [6, 6.07) is 14.9. The minimum absolute atomic E-state index is 0.251. The van der Waals surface area contributed by atoms with Gasteiger partial charge < -0.3 is 9.52 Å². The monoisotopic (exact) mass is 268 g/mol. The van der Waals surface area contributed by atoms with E-state index in [0.717, 1.165) is 32.7 Å². The van der Waals surface area contributed by atoms with Crippen LogP contribution in [0, 0.1) is 0 Å². The van der Waals surface area contributed by atoms with Crippen LogP contribution in [0.4, 0.5) is 0 Å². The van der Waals surface area contributed by atoms with Gasteiger partial charge in [-0.1, -0.05) is 23.7 Å². The van der Waals surface area contributed by atoms with Crippen LogP contribution in [0.5, 0.6) is 5.75 Å². The maximum atomic E-state index is 9.53.